The van der Waals surface area contributed by atoms with Crippen molar-refractivity contribution in [3.05, 3.63) is 0 Å². The van der Waals surface area contributed by atoms with Crippen LogP contribution in [0.25, 0.3) is 0 Å². The van der Waals surface area contributed by atoms with Crippen molar-refractivity contribution in [2.75, 3.05) is 0 Å². The molecule has 0 rings (SSSR count). The van der Waals surface area contributed by atoms with Gasteiger partial charge in [-0.2, -0.15) is 11.1 Å². The highest BCUT2D eigenvalue weighted by Gasteiger charge is 2.18. The highest BCUT2D eigenvalue weighted by molar-refractivity contribution is 7.08. The molecule has 0 spiro atoms. The number of hydrogen-bond donors (Lipinski definition) is 0. The van der Waals surface area contributed by atoms with Gasteiger partial charge < -0.3 is 0 Å². The third-order valence-electron chi connectivity index (χ3n) is 1.63. The SMILES string of the molecule is CCC(C)[Si](Cl)C(C)C. The highest BCUT2D eigenvalue weighted by atomic mass is 35.6. The zero-order valence-electron chi connectivity index (χ0n) is 6.74. The Morgan fingerprint density at radius 1 is 1.33 bits per heavy atom. The first-order chi connectivity index (χ1) is 4.09. The minimum absolute atomic E-state index is 0.563. The fraction of sp³-hybridized carbons (Fsp3) is 1.00. The lowest BCUT2D eigenvalue weighted by molar-refractivity contribution is 0.839. The van der Waals surface area contributed by atoms with Gasteiger partial charge >= 0.3 is 0 Å². The van der Waals surface area contributed by atoms with E-state index in [2.05, 4.69) is 27.7 Å². The number of halogens is 1. The Balaban J connectivity index is 3.58. The van der Waals surface area contributed by atoms with Crippen LogP contribution in [0.2, 0.25) is 11.1 Å². The van der Waals surface area contributed by atoms with Gasteiger partial charge in [0.25, 0.3) is 0 Å². The van der Waals surface area contributed by atoms with Crippen molar-refractivity contribution in [2.24, 2.45) is 0 Å². The van der Waals surface area contributed by atoms with E-state index in [1.165, 1.54) is 6.42 Å². The maximum Gasteiger partial charge on any atom is 0.171 e. The van der Waals surface area contributed by atoms with Crippen molar-refractivity contribution in [2.45, 2.75) is 45.2 Å². The Bertz CT molecular complexity index is 73.3. The van der Waals surface area contributed by atoms with Gasteiger partial charge in [0.15, 0.2) is 8.11 Å². The fourth-order valence-electron chi connectivity index (χ4n) is 0.764. The van der Waals surface area contributed by atoms with Gasteiger partial charge in [-0.3, -0.25) is 0 Å². The van der Waals surface area contributed by atoms with Crippen LogP contribution in [-0.2, 0) is 0 Å². The maximum absolute atomic E-state index is 6.17. The lowest BCUT2D eigenvalue weighted by atomic mass is 10.4. The Morgan fingerprint density at radius 3 is 1.89 bits per heavy atom. The molecule has 1 unspecified atom stereocenters. The molecule has 0 N–H and O–H groups in total. The van der Waals surface area contributed by atoms with E-state index in [4.69, 9.17) is 11.1 Å². The molecule has 0 aromatic carbocycles. The molecule has 0 amide bonds. The van der Waals surface area contributed by atoms with Gasteiger partial charge in [0.05, 0.1) is 0 Å². The van der Waals surface area contributed by atoms with E-state index in [1.54, 1.807) is 0 Å². The number of hydrogen-bond acceptors (Lipinski definition) is 0. The Labute approximate surface area is 64.9 Å². The minimum atomic E-state index is -0.563. The summed E-state index contributed by atoms with van der Waals surface area (Å²) in [6.45, 7) is 8.89. The molecular weight excluding hydrogens is 148 g/mol. The first-order valence-electron chi connectivity index (χ1n) is 3.61. The van der Waals surface area contributed by atoms with Crippen LogP contribution >= 0.6 is 11.1 Å². The van der Waals surface area contributed by atoms with E-state index < -0.39 is 8.11 Å². The van der Waals surface area contributed by atoms with Crippen molar-refractivity contribution in [1.29, 1.82) is 0 Å². The van der Waals surface area contributed by atoms with Crippen molar-refractivity contribution in [3.63, 3.8) is 0 Å². The fourth-order valence-corrected chi connectivity index (χ4v) is 2.76. The van der Waals surface area contributed by atoms with Crippen LogP contribution in [0.15, 0.2) is 0 Å². The van der Waals surface area contributed by atoms with E-state index >= 15 is 0 Å². The van der Waals surface area contributed by atoms with E-state index in [9.17, 15) is 0 Å². The molecule has 0 aliphatic rings. The summed E-state index contributed by atoms with van der Waals surface area (Å²) >= 11 is 6.17. The molecule has 1 atom stereocenters. The highest BCUT2D eigenvalue weighted by Crippen LogP contribution is 2.25. The summed E-state index contributed by atoms with van der Waals surface area (Å²) in [6.07, 6.45) is 1.23. The van der Waals surface area contributed by atoms with Crippen LogP contribution in [0, 0.1) is 0 Å². The third-order valence-corrected chi connectivity index (χ3v) is 6.51. The molecule has 0 saturated heterocycles. The van der Waals surface area contributed by atoms with Crippen LogP contribution in [0.1, 0.15) is 34.1 Å². The second-order valence-electron chi connectivity index (χ2n) is 2.85. The van der Waals surface area contributed by atoms with E-state index in [0.29, 0.717) is 5.54 Å². The van der Waals surface area contributed by atoms with E-state index in [-0.39, 0.29) is 0 Å². The first kappa shape index (κ1) is 9.51. The van der Waals surface area contributed by atoms with Gasteiger partial charge in [0.2, 0.25) is 0 Å². The average molecular weight is 164 g/mol. The summed E-state index contributed by atoms with van der Waals surface area (Å²) in [5.41, 5.74) is 1.48. The lowest BCUT2D eigenvalue weighted by Crippen LogP contribution is -2.14. The molecule has 0 aliphatic heterocycles. The molecule has 0 aromatic rings. The van der Waals surface area contributed by atoms with Crippen molar-refractivity contribution in [3.8, 4) is 0 Å². The molecule has 0 saturated carbocycles. The molecule has 1 radical (unpaired) electrons. The van der Waals surface area contributed by atoms with Gasteiger partial charge in [-0.1, -0.05) is 34.1 Å². The average Bonchev–Trinajstić information content (AvgIpc) is 1.84. The Hall–Kier alpha value is 0.507. The maximum atomic E-state index is 6.17. The van der Waals surface area contributed by atoms with Crippen LogP contribution in [0.5, 0.6) is 0 Å². The predicted molar refractivity (Wildman–Crippen MR) is 46.4 cm³/mol. The van der Waals surface area contributed by atoms with E-state index in [0.717, 1.165) is 5.54 Å². The number of rotatable bonds is 3. The summed E-state index contributed by atoms with van der Waals surface area (Å²) in [6, 6.07) is 0. The van der Waals surface area contributed by atoms with Gasteiger partial charge in [0, 0.05) is 0 Å². The largest absolute Gasteiger partial charge is 0.171 e. The van der Waals surface area contributed by atoms with Crippen molar-refractivity contribution < 1.29 is 0 Å². The predicted octanol–water partition coefficient (Wildman–Crippen LogP) is 3.43. The van der Waals surface area contributed by atoms with Crippen LogP contribution < -0.4 is 0 Å². The van der Waals surface area contributed by atoms with Gasteiger partial charge in [-0.25, -0.2) is 0 Å². The molecule has 55 valence electrons. The van der Waals surface area contributed by atoms with Crippen LogP contribution in [0.3, 0.4) is 0 Å². The van der Waals surface area contributed by atoms with Crippen LogP contribution in [-0.4, -0.2) is 8.11 Å². The second kappa shape index (κ2) is 4.34. The van der Waals surface area contributed by atoms with Gasteiger partial charge in [0.1, 0.15) is 0 Å². The van der Waals surface area contributed by atoms with E-state index in [1.807, 2.05) is 0 Å². The first-order valence-corrected chi connectivity index (χ1v) is 6.28. The Morgan fingerprint density at radius 2 is 1.78 bits per heavy atom. The topological polar surface area (TPSA) is 0 Å². The van der Waals surface area contributed by atoms with Crippen molar-refractivity contribution >= 4 is 19.2 Å². The molecular formula is C7H16ClSi. The summed E-state index contributed by atoms with van der Waals surface area (Å²) in [5, 5.41) is 0. The molecule has 0 heterocycles. The molecule has 2 heteroatoms. The summed E-state index contributed by atoms with van der Waals surface area (Å²) in [4.78, 5) is 0. The summed E-state index contributed by atoms with van der Waals surface area (Å²) in [7, 11) is -0.563. The van der Waals surface area contributed by atoms with Crippen LogP contribution in [0.4, 0.5) is 0 Å². The zero-order chi connectivity index (χ0) is 7.44. The minimum Gasteiger partial charge on any atom is -0.168 e. The molecule has 9 heavy (non-hydrogen) atoms. The summed E-state index contributed by atoms with van der Waals surface area (Å²) < 4.78 is 0. The molecule has 0 aromatic heterocycles. The smallest absolute Gasteiger partial charge is 0.168 e. The Kier molecular flexibility index (Phi) is 4.59. The molecule has 0 nitrogen and oxygen atoms in total. The standard InChI is InChI=1S/C7H16ClSi/c1-5-7(4)9(8)6(2)3/h6-7H,5H2,1-4H3. The molecule has 0 fully saturated rings. The second-order valence-corrected chi connectivity index (χ2v) is 7.07. The monoisotopic (exact) mass is 163 g/mol. The molecule has 0 aliphatic carbocycles. The van der Waals surface area contributed by atoms with Gasteiger partial charge in [-0.05, 0) is 11.1 Å². The molecule has 0 bridgehead atoms. The van der Waals surface area contributed by atoms with Crippen molar-refractivity contribution in [1.82, 2.24) is 0 Å². The third kappa shape index (κ3) is 3.26. The summed E-state index contributed by atoms with van der Waals surface area (Å²) in [5.74, 6) is 0. The lowest BCUT2D eigenvalue weighted by Gasteiger charge is -2.16. The quantitative estimate of drug-likeness (QED) is 0.442. The normalized spacial score (nSPS) is 15.0. The zero-order valence-corrected chi connectivity index (χ0v) is 8.50. The van der Waals surface area contributed by atoms with Gasteiger partial charge in [-0.15, -0.1) is 0 Å².